The zero-order chi connectivity index (χ0) is 27.8. The number of carboxylic acid groups (broad SMARTS) is 1. The van der Waals surface area contributed by atoms with Crippen molar-refractivity contribution in [1.82, 2.24) is 15.2 Å². The van der Waals surface area contributed by atoms with E-state index in [2.05, 4.69) is 10.3 Å². The molecule has 0 fully saturated rings. The molecule has 3 N–H and O–H groups in total. The fourth-order valence-electron chi connectivity index (χ4n) is 5.01. The summed E-state index contributed by atoms with van der Waals surface area (Å²) in [5.74, 6) is -2.98. The van der Waals surface area contributed by atoms with E-state index in [1.54, 1.807) is 45.0 Å². The van der Waals surface area contributed by atoms with E-state index < -0.39 is 47.3 Å². The summed E-state index contributed by atoms with van der Waals surface area (Å²) in [5.41, 5.74) is 2.73. The van der Waals surface area contributed by atoms with Crippen LogP contribution in [-0.4, -0.2) is 63.8 Å². The second kappa shape index (κ2) is 10.5. The summed E-state index contributed by atoms with van der Waals surface area (Å²) in [5, 5.41) is 13.1. The maximum atomic E-state index is 13.1. The average Bonchev–Trinajstić information content (AvgIpc) is 3.27. The third-order valence-electron chi connectivity index (χ3n) is 6.88. The molecule has 0 radical (unpaired) electrons. The number of ether oxygens (including phenoxy) is 1. The standard InChI is InChI=1S/C28H30ClN3O6/c1-28(2,3)24(26(35)36)31-25(34)16-11-9-15(10-12-16)23-22-18(17-7-5-6-8-19(17)30-22)13-20(27(37)38-4)32(23)21(33)14-29/h5-12,20,23-24,30H,13-14H2,1-4H3,(H,31,34)(H,35,36)/t20-,23+,24?/m1/s1. The first-order chi connectivity index (χ1) is 18.0. The Morgan fingerprint density at radius 3 is 2.37 bits per heavy atom. The van der Waals surface area contributed by atoms with Gasteiger partial charge >= 0.3 is 11.9 Å². The summed E-state index contributed by atoms with van der Waals surface area (Å²) in [6.45, 7) is 5.20. The third kappa shape index (κ3) is 4.98. The first-order valence-electron chi connectivity index (χ1n) is 12.2. The number of fused-ring (bicyclic) bond motifs is 3. The maximum absolute atomic E-state index is 13.1. The molecular formula is C28H30ClN3O6. The molecule has 1 aromatic heterocycles. The van der Waals surface area contributed by atoms with Gasteiger partial charge in [0.2, 0.25) is 5.91 Å². The number of para-hydroxylation sites is 1. The van der Waals surface area contributed by atoms with Crippen LogP contribution >= 0.6 is 11.6 Å². The number of aliphatic carboxylic acids is 1. The predicted octanol–water partition coefficient (Wildman–Crippen LogP) is 3.65. The van der Waals surface area contributed by atoms with Crippen LogP contribution in [0.25, 0.3) is 10.9 Å². The summed E-state index contributed by atoms with van der Waals surface area (Å²) in [4.78, 5) is 55.4. The lowest BCUT2D eigenvalue weighted by molar-refractivity contribution is -0.154. The van der Waals surface area contributed by atoms with E-state index in [-0.39, 0.29) is 17.9 Å². The molecule has 10 heteroatoms. The fourth-order valence-corrected chi connectivity index (χ4v) is 5.15. The van der Waals surface area contributed by atoms with E-state index in [1.165, 1.54) is 12.0 Å². The van der Waals surface area contributed by atoms with Gasteiger partial charge in [0.1, 0.15) is 18.0 Å². The molecule has 2 aromatic carbocycles. The minimum Gasteiger partial charge on any atom is -0.480 e. The zero-order valence-electron chi connectivity index (χ0n) is 21.6. The molecule has 38 heavy (non-hydrogen) atoms. The van der Waals surface area contributed by atoms with Gasteiger partial charge in [-0.1, -0.05) is 51.1 Å². The third-order valence-corrected chi connectivity index (χ3v) is 7.11. The highest BCUT2D eigenvalue weighted by Crippen LogP contribution is 2.41. The van der Waals surface area contributed by atoms with Gasteiger partial charge in [-0.25, -0.2) is 9.59 Å². The summed E-state index contributed by atoms with van der Waals surface area (Å²) < 4.78 is 5.05. The van der Waals surface area contributed by atoms with Crippen LogP contribution in [0.3, 0.4) is 0 Å². The van der Waals surface area contributed by atoms with Crippen molar-refractivity contribution in [1.29, 1.82) is 0 Å². The number of rotatable bonds is 6. The Balaban J connectivity index is 1.78. The number of aromatic nitrogens is 1. The van der Waals surface area contributed by atoms with Crippen molar-refractivity contribution in [3.05, 3.63) is 70.9 Å². The number of hydrogen-bond acceptors (Lipinski definition) is 5. The number of alkyl halides is 1. The van der Waals surface area contributed by atoms with Crippen LogP contribution in [0.5, 0.6) is 0 Å². The molecule has 2 heterocycles. The number of H-pyrrole nitrogens is 1. The van der Waals surface area contributed by atoms with Gasteiger partial charge in [0.25, 0.3) is 5.91 Å². The Bertz CT molecular complexity index is 1390. The molecule has 1 unspecified atom stereocenters. The molecular weight excluding hydrogens is 510 g/mol. The molecule has 4 rings (SSSR count). The number of aromatic amines is 1. The largest absolute Gasteiger partial charge is 0.480 e. The Labute approximate surface area is 225 Å². The smallest absolute Gasteiger partial charge is 0.328 e. The van der Waals surface area contributed by atoms with E-state index in [0.29, 0.717) is 5.56 Å². The van der Waals surface area contributed by atoms with Crippen LogP contribution in [-0.2, 0) is 25.5 Å². The van der Waals surface area contributed by atoms with Crippen LogP contribution in [0, 0.1) is 5.41 Å². The monoisotopic (exact) mass is 539 g/mol. The van der Waals surface area contributed by atoms with Crippen LogP contribution in [0.15, 0.2) is 48.5 Å². The molecule has 2 amide bonds. The molecule has 0 aliphatic carbocycles. The minimum absolute atomic E-state index is 0.259. The normalized spacial score (nSPS) is 18.0. The van der Waals surface area contributed by atoms with Gasteiger partial charge in [0.15, 0.2) is 0 Å². The van der Waals surface area contributed by atoms with Crippen molar-refractivity contribution in [2.75, 3.05) is 13.0 Å². The van der Waals surface area contributed by atoms with Gasteiger partial charge in [-0.15, -0.1) is 11.6 Å². The summed E-state index contributed by atoms with van der Waals surface area (Å²) in [6.07, 6.45) is 0.259. The molecule has 3 aromatic rings. The number of methoxy groups -OCH3 is 1. The molecule has 200 valence electrons. The van der Waals surface area contributed by atoms with Crippen LogP contribution in [0.4, 0.5) is 0 Å². The molecule has 0 bridgehead atoms. The summed E-state index contributed by atoms with van der Waals surface area (Å²) in [6, 6.07) is 11.5. The Morgan fingerprint density at radius 2 is 1.79 bits per heavy atom. The van der Waals surface area contributed by atoms with Gasteiger partial charge in [-0.2, -0.15) is 0 Å². The Morgan fingerprint density at radius 1 is 1.13 bits per heavy atom. The lowest BCUT2D eigenvalue weighted by Crippen LogP contribution is -2.52. The van der Waals surface area contributed by atoms with Crippen molar-refractivity contribution < 1.29 is 29.0 Å². The van der Waals surface area contributed by atoms with E-state index >= 15 is 0 Å². The van der Waals surface area contributed by atoms with Crippen molar-refractivity contribution in [2.24, 2.45) is 5.41 Å². The zero-order valence-corrected chi connectivity index (χ0v) is 22.3. The number of nitrogens with one attached hydrogen (secondary N) is 2. The van der Waals surface area contributed by atoms with Crippen LogP contribution in [0.1, 0.15) is 54.0 Å². The second-order valence-corrected chi connectivity index (χ2v) is 10.6. The lowest BCUT2D eigenvalue weighted by Gasteiger charge is -2.40. The topological polar surface area (TPSA) is 129 Å². The van der Waals surface area contributed by atoms with Gasteiger partial charge in [-0.05, 0) is 34.7 Å². The van der Waals surface area contributed by atoms with E-state index in [1.807, 2.05) is 24.3 Å². The highest BCUT2D eigenvalue weighted by Gasteiger charge is 2.43. The summed E-state index contributed by atoms with van der Waals surface area (Å²) >= 11 is 5.98. The Hall–Kier alpha value is -3.85. The highest BCUT2D eigenvalue weighted by molar-refractivity contribution is 6.27. The molecule has 0 spiro atoms. The first kappa shape index (κ1) is 27.2. The predicted molar refractivity (Wildman–Crippen MR) is 142 cm³/mol. The number of benzene rings is 2. The van der Waals surface area contributed by atoms with Crippen molar-refractivity contribution in [3.63, 3.8) is 0 Å². The van der Waals surface area contributed by atoms with Crippen LogP contribution in [0.2, 0.25) is 0 Å². The Kier molecular flexibility index (Phi) is 7.51. The number of amides is 2. The average molecular weight is 540 g/mol. The number of hydrogen-bond donors (Lipinski definition) is 3. The van der Waals surface area contributed by atoms with Gasteiger partial charge < -0.3 is 25.0 Å². The summed E-state index contributed by atoms with van der Waals surface area (Å²) in [7, 11) is 1.28. The quantitative estimate of drug-likeness (QED) is 0.324. The second-order valence-electron chi connectivity index (χ2n) is 10.4. The number of carboxylic acids is 1. The molecule has 1 aliphatic rings. The van der Waals surface area contributed by atoms with E-state index in [9.17, 15) is 24.3 Å². The van der Waals surface area contributed by atoms with Gasteiger partial charge in [0, 0.05) is 28.6 Å². The van der Waals surface area contributed by atoms with Crippen molar-refractivity contribution >= 4 is 46.3 Å². The molecule has 9 nitrogen and oxygen atoms in total. The number of halogens is 1. The SMILES string of the molecule is COC(=O)[C@H]1Cc2c([nH]c3ccccc23)[C@H](c2ccc(C(=O)NC(C(=O)O)C(C)(C)C)cc2)N1C(=O)CCl. The van der Waals surface area contributed by atoms with Crippen molar-refractivity contribution in [3.8, 4) is 0 Å². The molecule has 0 saturated heterocycles. The lowest BCUT2D eigenvalue weighted by atomic mass is 9.86. The maximum Gasteiger partial charge on any atom is 0.328 e. The molecule has 1 aliphatic heterocycles. The minimum atomic E-state index is -1.12. The van der Waals surface area contributed by atoms with Crippen molar-refractivity contribution in [2.45, 2.75) is 45.3 Å². The first-order valence-corrected chi connectivity index (χ1v) is 12.7. The van der Waals surface area contributed by atoms with E-state index in [0.717, 1.165) is 22.2 Å². The van der Waals surface area contributed by atoms with Crippen LogP contribution < -0.4 is 5.32 Å². The van der Waals surface area contributed by atoms with Gasteiger partial charge in [-0.3, -0.25) is 9.59 Å². The number of esters is 1. The number of carbonyl (C=O) groups excluding carboxylic acids is 3. The molecule has 3 atom stereocenters. The van der Waals surface area contributed by atoms with E-state index in [4.69, 9.17) is 16.3 Å². The number of carbonyl (C=O) groups is 4. The molecule has 0 saturated carbocycles. The van der Waals surface area contributed by atoms with Gasteiger partial charge in [0.05, 0.1) is 13.2 Å². The fraction of sp³-hybridized carbons (Fsp3) is 0.357. The highest BCUT2D eigenvalue weighted by atomic mass is 35.5. The number of nitrogens with zero attached hydrogens (tertiary/aromatic N) is 1.